The molecule has 0 aliphatic carbocycles. The number of nitriles is 1. The molecule has 1 aromatic heterocycles. The highest BCUT2D eigenvalue weighted by Gasteiger charge is 2.16. The summed E-state index contributed by atoms with van der Waals surface area (Å²) >= 11 is 7.72. The molecule has 8 nitrogen and oxygen atoms in total. The summed E-state index contributed by atoms with van der Waals surface area (Å²) in [6, 6.07) is 11.1. The normalized spacial score (nSPS) is 11.2. The Kier molecular flexibility index (Phi) is 9.28. The molecule has 10 heteroatoms. The Hall–Kier alpha value is -3.61. The number of benzene rings is 2. The molecule has 0 aliphatic heterocycles. The highest BCUT2D eigenvalue weighted by molar-refractivity contribution is 7.15. The Morgan fingerprint density at radius 2 is 1.83 bits per heavy atom. The van der Waals surface area contributed by atoms with Crippen LogP contribution in [-0.4, -0.2) is 36.4 Å². The summed E-state index contributed by atoms with van der Waals surface area (Å²) in [4.78, 5) is 12.6. The number of anilines is 1. The van der Waals surface area contributed by atoms with E-state index in [1.807, 2.05) is 52.0 Å². The number of aromatic nitrogens is 2. The van der Waals surface area contributed by atoms with Crippen LogP contribution in [0.25, 0.3) is 6.08 Å². The Labute approximate surface area is 219 Å². The van der Waals surface area contributed by atoms with E-state index in [0.717, 1.165) is 21.9 Å². The first-order valence-corrected chi connectivity index (χ1v) is 12.4. The molecule has 3 rings (SSSR count). The van der Waals surface area contributed by atoms with E-state index in [-0.39, 0.29) is 23.1 Å². The molecule has 0 bridgehead atoms. The lowest BCUT2D eigenvalue weighted by Gasteiger charge is -2.15. The number of ether oxygens (including phenoxy) is 3. The molecule has 2 aromatic carbocycles. The van der Waals surface area contributed by atoms with E-state index in [0.29, 0.717) is 28.8 Å². The number of methoxy groups -OCH3 is 1. The van der Waals surface area contributed by atoms with E-state index in [9.17, 15) is 10.1 Å². The van der Waals surface area contributed by atoms with E-state index in [1.54, 1.807) is 12.1 Å². The van der Waals surface area contributed by atoms with E-state index in [1.165, 1.54) is 24.5 Å². The van der Waals surface area contributed by atoms with Crippen molar-refractivity contribution in [3.05, 3.63) is 62.6 Å². The van der Waals surface area contributed by atoms with Crippen molar-refractivity contribution in [2.24, 2.45) is 0 Å². The highest BCUT2D eigenvalue weighted by atomic mass is 35.5. The lowest BCUT2D eigenvalue weighted by molar-refractivity contribution is -0.112. The molecule has 36 heavy (non-hydrogen) atoms. The molecule has 188 valence electrons. The van der Waals surface area contributed by atoms with Crippen molar-refractivity contribution >= 4 is 40.1 Å². The van der Waals surface area contributed by atoms with Crippen molar-refractivity contribution in [2.75, 3.05) is 25.6 Å². The first-order chi connectivity index (χ1) is 17.2. The van der Waals surface area contributed by atoms with Gasteiger partial charge in [-0.1, -0.05) is 55.0 Å². The summed E-state index contributed by atoms with van der Waals surface area (Å²) in [7, 11) is 1.49. The molecular weight excluding hydrogens is 500 g/mol. The zero-order chi connectivity index (χ0) is 26.2. The van der Waals surface area contributed by atoms with Crippen LogP contribution in [-0.2, 0) is 4.79 Å². The number of rotatable bonds is 10. The molecule has 0 saturated heterocycles. The molecule has 0 atom stereocenters. The minimum absolute atomic E-state index is 0.120. The second-order valence-electron chi connectivity index (χ2n) is 8.18. The van der Waals surface area contributed by atoms with Crippen LogP contribution in [0.4, 0.5) is 5.13 Å². The molecular formula is C26H27ClN4O4S. The van der Waals surface area contributed by atoms with Gasteiger partial charge >= 0.3 is 0 Å². The predicted octanol–water partition coefficient (Wildman–Crippen LogP) is 5.94. The van der Waals surface area contributed by atoms with Gasteiger partial charge in [0.05, 0.1) is 12.1 Å². The largest absolute Gasteiger partial charge is 0.493 e. The molecule has 3 aromatic rings. The number of aryl methyl sites for hydroxylation is 2. The average molecular weight is 527 g/mol. The van der Waals surface area contributed by atoms with Gasteiger partial charge in [-0.15, -0.1) is 10.2 Å². The number of hydrogen-bond donors (Lipinski definition) is 1. The molecule has 1 heterocycles. The van der Waals surface area contributed by atoms with Crippen molar-refractivity contribution in [2.45, 2.75) is 33.6 Å². The minimum Gasteiger partial charge on any atom is -0.493 e. The van der Waals surface area contributed by atoms with Gasteiger partial charge in [0.2, 0.25) is 5.13 Å². The predicted molar refractivity (Wildman–Crippen MR) is 141 cm³/mol. The number of nitrogens with one attached hydrogen (secondary N) is 1. The lowest BCUT2D eigenvalue weighted by atomic mass is 10.1. The smallest absolute Gasteiger partial charge is 0.268 e. The Bertz CT molecular complexity index is 1290. The quantitative estimate of drug-likeness (QED) is 0.198. The standard InChI is InChI=1S/C26H27ClN4O4S/c1-15(2)25-30-31-26(36-25)29-24(32)19(14-28)11-18-12-20(27)23(21(13-18)33-5)35-10-9-34-22-16(3)7-6-8-17(22)4/h6-8,11-13,15H,9-10H2,1-5H3,(H,29,31,32)/b19-11-. The zero-order valence-corrected chi connectivity index (χ0v) is 22.3. The van der Waals surface area contributed by atoms with Crippen molar-refractivity contribution in [3.8, 4) is 23.3 Å². The van der Waals surface area contributed by atoms with Crippen LogP contribution in [0.3, 0.4) is 0 Å². The number of para-hydroxylation sites is 1. The van der Waals surface area contributed by atoms with Crippen LogP contribution in [0, 0.1) is 25.2 Å². The monoisotopic (exact) mass is 526 g/mol. The molecule has 0 aliphatic rings. The van der Waals surface area contributed by atoms with Gasteiger partial charge in [-0.25, -0.2) is 0 Å². The third-order valence-corrected chi connectivity index (χ3v) is 6.49. The maximum Gasteiger partial charge on any atom is 0.268 e. The van der Waals surface area contributed by atoms with Gasteiger partial charge in [-0.3, -0.25) is 10.1 Å². The number of hydrogen-bond acceptors (Lipinski definition) is 8. The fourth-order valence-corrected chi connectivity index (χ4v) is 4.29. The summed E-state index contributed by atoms with van der Waals surface area (Å²) in [6.07, 6.45) is 1.42. The SMILES string of the molecule is COc1cc(/C=C(/C#N)C(=O)Nc2nnc(C(C)C)s2)cc(Cl)c1OCCOc1c(C)cccc1C. The number of halogens is 1. The fourth-order valence-electron chi connectivity index (χ4n) is 3.28. The Morgan fingerprint density at radius 3 is 2.42 bits per heavy atom. The number of amides is 1. The summed E-state index contributed by atoms with van der Waals surface area (Å²) in [5.41, 5.74) is 2.48. The molecule has 1 N–H and O–H groups in total. The van der Waals surface area contributed by atoms with Crippen LogP contribution in [0.15, 0.2) is 35.9 Å². The third-order valence-electron chi connectivity index (χ3n) is 5.07. The van der Waals surface area contributed by atoms with Crippen LogP contribution >= 0.6 is 22.9 Å². The van der Waals surface area contributed by atoms with Crippen molar-refractivity contribution in [1.29, 1.82) is 5.26 Å². The maximum absolute atomic E-state index is 12.6. The number of carbonyl (C=O) groups excluding carboxylic acids is 1. The van der Waals surface area contributed by atoms with Gasteiger partial charge in [-0.2, -0.15) is 5.26 Å². The van der Waals surface area contributed by atoms with Crippen LogP contribution in [0.2, 0.25) is 5.02 Å². The Balaban J connectivity index is 1.70. The van der Waals surface area contributed by atoms with Crippen LogP contribution in [0.1, 0.15) is 41.5 Å². The summed E-state index contributed by atoms with van der Waals surface area (Å²) in [5, 5.41) is 21.5. The van der Waals surface area contributed by atoms with Crippen molar-refractivity contribution < 1.29 is 19.0 Å². The van der Waals surface area contributed by atoms with E-state index < -0.39 is 5.91 Å². The fraction of sp³-hybridized carbons (Fsp3) is 0.308. The first kappa shape index (κ1) is 27.0. The van der Waals surface area contributed by atoms with Crippen LogP contribution in [0.5, 0.6) is 17.2 Å². The van der Waals surface area contributed by atoms with Crippen molar-refractivity contribution in [3.63, 3.8) is 0 Å². The maximum atomic E-state index is 12.6. The second-order valence-corrected chi connectivity index (χ2v) is 9.59. The van der Waals surface area contributed by atoms with Gasteiger partial charge in [0, 0.05) is 5.92 Å². The van der Waals surface area contributed by atoms with Gasteiger partial charge in [0.15, 0.2) is 11.5 Å². The van der Waals surface area contributed by atoms with E-state index >= 15 is 0 Å². The molecule has 1 amide bonds. The molecule has 0 saturated carbocycles. The third kappa shape index (κ3) is 6.74. The molecule has 0 unspecified atom stereocenters. The van der Waals surface area contributed by atoms with Gasteiger partial charge in [0.1, 0.15) is 35.6 Å². The number of carbonyl (C=O) groups is 1. The lowest BCUT2D eigenvalue weighted by Crippen LogP contribution is -2.13. The topological polar surface area (TPSA) is 106 Å². The summed E-state index contributed by atoms with van der Waals surface area (Å²) in [5.74, 6) is 1.13. The van der Waals surface area contributed by atoms with E-state index in [4.69, 9.17) is 25.8 Å². The average Bonchev–Trinajstić information content (AvgIpc) is 3.31. The van der Waals surface area contributed by atoms with Crippen LogP contribution < -0.4 is 19.5 Å². The van der Waals surface area contributed by atoms with Gasteiger partial charge in [0.25, 0.3) is 5.91 Å². The molecule has 0 radical (unpaired) electrons. The van der Waals surface area contributed by atoms with E-state index in [2.05, 4.69) is 15.5 Å². The van der Waals surface area contributed by atoms with Crippen molar-refractivity contribution in [1.82, 2.24) is 10.2 Å². The second kappa shape index (κ2) is 12.4. The summed E-state index contributed by atoms with van der Waals surface area (Å²) in [6.45, 7) is 8.50. The van der Waals surface area contributed by atoms with Gasteiger partial charge in [-0.05, 0) is 48.7 Å². The molecule has 0 spiro atoms. The van der Waals surface area contributed by atoms with Gasteiger partial charge < -0.3 is 14.2 Å². The Morgan fingerprint density at radius 1 is 1.17 bits per heavy atom. The first-order valence-electron chi connectivity index (χ1n) is 11.2. The zero-order valence-electron chi connectivity index (χ0n) is 20.7. The minimum atomic E-state index is -0.594. The number of nitrogens with zero attached hydrogens (tertiary/aromatic N) is 3. The highest BCUT2D eigenvalue weighted by Crippen LogP contribution is 2.37. The summed E-state index contributed by atoms with van der Waals surface area (Å²) < 4.78 is 17.1. The molecule has 0 fully saturated rings.